The summed E-state index contributed by atoms with van der Waals surface area (Å²) in [6.45, 7) is 5.53. The minimum atomic E-state index is -3.79. The highest BCUT2D eigenvalue weighted by molar-refractivity contribution is 7.92. The fourth-order valence-corrected chi connectivity index (χ4v) is 4.42. The van der Waals surface area contributed by atoms with Crippen LogP contribution in [-0.4, -0.2) is 26.6 Å². The summed E-state index contributed by atoms with van der Waals surface area (Å²) in [5, 5.41) is 3.36. The van der Waals surface area contributed by atoms with Gasteiger partial charge in [0, 0.05) is 10.7 Å². The van der Waals surface area contributed by atoms with Crippen LogP contribution in [0.3, 0.4) is 0 Å². The molecule has 0 bridgehead atoms. The number of aryl methyl sites for hydroxylation is 2. The van der Waals surface area contributed by atoms with Crippen molar-refractivity contribution in [2.75, 3.05) is 15.9 Å². The third-order valence-corrected chi connectivity index (χ3v) is 5.85. The van der Waals surface area contributed by atoms with Gasteiger partial charge in [-0.3, -0.25) is 9.10 Å². The van der Waals surface area contributed by atoms with Gasteiger partial charge in [0.15, 0.2) is 0 Å². The Morgan fingerprint density at radius 3 is 2.41 bits per heavy atom. The molecule has 0 aliphatic carbocycles. The van der Waals surface area contributed by atoms with E-state index in [1.54, 1.807) is 13.0 Å². The summed E-state index contributed by atoms with van der Waals surface area (Å²) >= 11 is 12.2. The van der Waals surface area contributed by atoms with E-state index in [2.05, 4.69) is 5.32 Å². The molecule has 2 rings (SSSR count). The van der Waals surface area contributed by atoms with Gasteiger partial charge < -0.3 is 5.32 Å². The third-order valence-electron chi connectivity index (χ3n) is 4.13. The van der Waals surface area contributed by atoms with Crippen LogP contribution >= 0.6 is 23.2 Å². The van der Waals surface area contributed by atoms with Crippen LogP contribution in [0.1, 0.15) is 24.5 Å². The van der Waals surface area contributed by atoms with Crippen molar-refractivity contribution in [2.45, 2.75) is 33.2 Å². The van der Waals surface area contributed by atoms with Crippen molar-refractivity contribution in [3.05, 3.63) is 57.6 Å². The molecular weight excluding hydrogens is 407 g/mol. The molecule has 0 fully saturated rings. The van der Waals surface area contributed by atoms with E-state index in [-0.39, 0.29) is 17.1 Å². The third kappa shape index (κ3) is 5.15. The minimum absolute atomic E-state index is 0.176. The quantitative estimate of drug-likeness (QED) is 0.718. The van der Waals surface area contributed by atoms with Crippen molar-refractivity contribution in [3.8, 4) is 0 Å². The molecule has 0 aliphatic rings. The smallest absolute Gasteiger partial charge is 0.248 e. The monoisotopic (exact) mass is 428 g/mol. The zero-order valence-corrected chi connectivity index (χ0v) is 17.9. The molecule has 0 spiro atoms. The second-order valence-corrected chi connectivity index (χ2v) is 9.09. The first-order valence-electron chi connectivity index (χ1n) is 8.37. The van der Waals surface area contributed by atoms with Crippen LogP contribution in [0.2, 0.25) is 10.0 Å². The second kappa shape index (κ2) is 8.50. The van der Waals surface area contributed by atoms with Gasteiger partial charge in [-0.25, -0.2) is 8.42 Å². The highest BCUT2D eigenvalue weighted by Gasteiger charge is 2.33. The Morgan fingerprint density at radius 2 is 1.81 bits per heavy atom. The summed E-state index contributed by atoms with van der Waals surface area (Å²) in [5.41, 5.74) is 2.69. The molecule has 2 aromatic carbocycles. The summed E-state index contributed by atoms with van der Waals surface area (Å²) in [4.78, 5) is 13.0. The fraction of sp³-hybridized carbons (Fsp3) is 0.316. The molecule has 0 radical (unpaired) electrons. The van der Waals surface area contributed by atoms with E-state index in [0.717, 1.165) is 21.7 Å². The number of nitrogens with one attached hydrogen (secondary N) is 1. The highest BCUT2D eigenvalue weighted by Crippen LogP contribution is 2.33. The van der Waals surface area contributed by atoms with Crippen LogP contribution < -0.4 is 9.62 Å². The number of anilines is 2. The topological polar surface area (TPSA) is 66.5 Å². The number of benzene rings is 2. The zero-order chi connectivity index (χ0) is 20.4. The van der Waals surface area contributed by atoms with Crippen molar-refractivity contribution >= 4 is 50.5 Å². The number of rotatable bonds is 6. The predicted octanol–water partition coefficient (Wildman–Crippen LogP) is 4.79. The SMILES string of the molecule is CC[C@H](C(=O)Nc1cc(C)ccc1C)N(c1cc(Cl)ccc1Cl)S(C)(=O)=O. The van der Waals surface area contributed by atoms with Crippen molar-refractivity contribution in [3.63, 3.8) is 0 Å². The molecule has 0 heterocycles. The van der Waals surface area contributed by atoms with Gasteiger partial charge in [-0.2, -0.15) is 0 Å². The summed E-state index contributed by atoms with van der Waals surface area (Å²) < 4.78 is 26.1. The highest BCUT2D eigenvalue weighted by atomic mass is 35.5. The molecule has 0 aliphatic heterocycles. The fourth-order valence-electron chi connectivity index (χ4n) is 2.78. The molecule has 1 atom stereocenters. The van der Waals surface area contributed by atoms with E-state index in [4.69, 9.17) is 23.2 Å². The predicted molar refractivity (Wildman–Crippen MR) is 112 cm³/mol. The number of hydrogen-bond donors (Lipinski definition) is 1. The average Bonchev–Trinajstić information content (AvgIpc) is 2.57. The molecule has 5 nitrogen and oxygen atoms in total. The van der Waals surface area contributed by atoms with Crippen molar-refractivity contribution in [2.24, 2.45) is 0 Å². The van der Waals surface area contributed by atoms with E-state index >= 15 is 0 Å². The molecule has 146 valence electrons. The Balaban J connectivity index is 2.48. The number of sulfonamides is 1. The second-order valence-electron chi connectivity index (χ2n) is 6.39. The molecular formula is C19H22Cl2N2O3S. The molecule has 0 saturated carbocycles. The number of carbonyl (C=O) groups is 1. The Labute approximate surface area is 170 Å². The largest absolute Gasteiger partial charge is 0.324 e. The molecule has 0 saturated heterocycles. The number of amides is 1. The maximum atomic E-state index is 13.0. The number of halogens is 2. The normalized spacial score (nSPS) is 12.5. The van der Waals surface area contributed by atoms with Gasteiger partial charge in [-0.15, -0.1) is 0 Å². The van der Waals surface area contributed by atoms with Crippen LogP contribution in [0.5, 0.6) is 0 Å². The lowest BCUT2D eigenvalue weighted by molar-refractivity contribution is -0.117. The average molecular weight is 429 g/mol. The van der Waals surface area contributed by atoms with Gasteiger partial charge in [-0.1, -0.05) is 42.3 Å². The molecule has 0 unspecified atom stereocenters. The summed E-state index contributed by atoms with van der Waals surface area (Å²) in [6, 6.07) is 9.22. The van der Waals surface area contributed by atoms with Crippen LogP contribution in [0, 0.1) is 13.8 Å². The Bertz CT molecular complexity index is 961. The standard InChI is InChI=1S/C19H22Cl2N2O3S/c1-5-17(19(24)22-16-10-12(2)6-7-13(16)3)23(27(4,25)26)18-11-14(20)8-9-15(18)21/h6-11,17H,5H2,1-4H3,(H,22,24)/t17-/m1/s1. The van der Waals surface area contributed by atoms with Crippen molar-refractivity contribution in [1.29, 1.82) is 0 Å². The minimum Gasteiger partial charge on any atom is -0.324 e. The maximum Gasteiger partial charge on any atom is 0.248 e. The van der Waals surface area contributed by atoms with E-state index in [0.29, 0.717) is 10.7 Å². The number of hydrogen-bond acceptors (Lipinski definition) is 3. The first kappa shape index (κ1) is 21.5. The van der Waals surface area contributed by atoms with E-state index in [9.17, 15) is 13.2 Å². The molecule has 1 amide bonds. The van der Waals surface area contributed by atoms with E-state index < -0.39 is 22.0 Å². The van der Waals surface area contributed by atoms with Gasteiger partial charge in [0.1, 0.15) is 6.04 Å². The van der Waals surface area contributed by atoms with Crippen LogP contribution in [0.25, 0.3) is 0 Å². The lowest BCUT2D eigenvalue weighted by atomic mass is 10.1. The molecule has 0 aromatic heterocycles. The maximum absolute atomic E-state index is 13.0. The van der Waals surface area contributed by atoms with Crippen LogP contribution in [0.4, 0.5) is 11.4 Å². The summed E-state index contributed by atoms with van der Waals surface area (Å²) in [6.07, 6.45) is 1.30. The van der Waals surface area contributed by atoms with E-state index in [1.807, 2.05) is 32.0 Å². The Morgan fingerprint density at radius 1 is 1.15 bits per heavy atom. The number of nitrogens with zero attached hydrogens (tertiary/aromatic N) is 1. The molecule has 27 heavy (non-hydrogen) atoms. The first-order chi connectivity index (χ1) is 12.5. The van der Waals surface area contributed by atoms with Crippen LogP contribution in [-0.2, 0) is 14.8 Å². The molecule has 1 N–H and O–H groups in total. The lowest BCUT2D eigenvalue weighted by Crippen LogP contribution is -2.47. The van der Waals surface area contributed by atoms with Gasteiger partial charge in [0.05, 0.1) is 17.0 Å². The van der Waals surface area contributed by atoms with Crippen LogP contribution in [0.15, 0.2) is 36.4 Å². The lowest BCUT2D eigenvalue weighted by Gasteiger charge is -2.31. The van der Waals surface area contributed by atoms with Gasteiger partial charge in [0.25, 0.3) is 0 Å². The molecule has 2 aromatic rings. The number of carbonyl (C=O) groups excluding carboxylic acids is 1. The Kier molecular flexibility index (Phi) is 6.78. The first-order valence-corrected chi connectivity index (χ1v) is 11.0. The van der Waals surface area contributed by atoms with Crippen molar-refractivity contribution < 1.29 is 13.2 Å². The molecule has 8 heteroatoms. The van der Waals surface area contributed by atoms with E-state index in [1.165, 1.54) is 12.1 Å². The Hall–Kier alpha value is -1.76. The van der Waals surface area contributed by atoms with Crippen molar-refractivity contribution in [1.82, 2.24) is 0 Å². The van der Waals surface area contributed by atoms with Gasteiger partial charge >= 0.3 is 0 Å². The van der Waals surface area contributed by atoms with Gasteiger partial charge in [-0.05, 0) is 55.7 Å². The van der Waals surface area contributed by atoms with Gasteiger partial charge in [0.2, 0.25) is 15.9 Å². The summed E-state index contributed by atoms with van der Waals surface area (Å²) in [5.74, 6) is -0.437. The summed E-state index contributed by atoms with van der Waals surface area (Å²) in [7, 11) is -3.79. The zero-order valence-electron chi connectivity index (χ0n) is 15.6.